The van der Waals surface area contributed by atoms with E-state index < -0.39 is 0 Å². The van der Waals surface area contributed by atoms with E-state index >= 15 is 0 Å². The SMILES string of the molecule is CC(C)N(Cc1cccs1)c1cc(N)cc(Cl)n1. The van der Waals surface area contributed by atoms with Gasteiger partial charge in [0.1, 0.15) is 11.0 Å². The predicted octanol–water partition coefficient (Wildman–Crippen LogP) is 3.79. The fourth-order valence-electron chi connectivity index (χ4n) is 1.75. The van der Waals surface area contributed by atoms with Crippen molar-refractivity contribution in [1.82, 2.24) is 4.98 Å². The molecule has 5 heteroatoms. The highest BCUT2D eigenvalue weighted by Crippen LogP contribution is 2.24. The molecule has 0 bridgehead atoms. The molecule has 2 aromatic heterocycles. The lowest BCUT2D eigenvalue weighted by Crippen LogP contribution is -2.30. The van der Waals surface area contributed by atoms with Gasteiger partial charge in [-0.25, -0.2) is 4.98 Å². The number of aromatic nitrogens is 1. The zero-order valence-electron chi connectivity index (χ0n) is 10.4. The van der Waals surface area contributed by atoms with E-state index in [1.165, 1.54) is 4.88 Å². The number of rotatable bonds is 4. The summed E-state index contributed by atoms with van der Waals surface area (Å²) in [5, 5.41) is 2.51. The first kappa shape index (κ1) is 13.2. The number of nitrogens with zero attached hydrogens (tertiary/aromatic N) is 2. The number of nitrogens with two attached hydrogens (primary N) is 1. The van der Waals surface area contributed by atoms with Crippen molar-refractivity contribution in [2.75, 3.05) is 10.6 Å². The smallest absolute Gasteiger partial charge is 0.133 e. The highest BCUT2D eigenvalue weighted by atomic mass is 35.5. The van der Waals surface area contributed by atoms with Gasteiger partial charge in [0.25, 0.3) is 0 Å². The molecule has 3 nitrogen and oxygen atoms in total. The van der Waals surface area contributed by atoms with Gasteiger partial charge in [0.05, 0.1) is 6.54 Å². The third-order valence-corrected chi connectivity index (χ3v) is 3.68. The fraction of sp³-hybridized carbons (Fsp3) is 0.308. The zero-order chi connectivity index (χ0) is 13.1. The van der Waals surface area contributed by atoms with Gasteiger partial charge in [-0.2, -0.15) is 0 Å². The number of pyridine rings is 1. The number of nitrogen functional groups attached to an aromatic ring is 1. The summed E-state index contributed by atoms with van der Waals surface area (Å²) < 4.78 is 0. The van der Waals surface area contributed by atoms with Gasteiger partial charge in [0.2, 0.25) is 0 Å². The molecule has 96 valence electrons. The lowest BCUT2D eigenvalue weighted by molar-refractivity contribution is 0.677. The van der Waals surface area contributed by atoms with E-state index in [1.807, 2.05) is 6.07 Å². The highest BCUT2D eigenvalue weighted by Gasteiger charge is 2.14. The van der Waals surface area contributed by atoms with Crippen molar-refractivity contribution in [3.8, 4) is 0 Å². The average Bonchev–Trinajstić information content (AvgIpc) is 2.76. The van der Waals surface area contributed by atoms with Crippen LogP contribution in [0.15, 0.2) is 29.6 Å². The second kappa shape index (κ2) is 5.59. The summed E-state index contributed by atoms with van der Waals surface area (Å²) in [6.45, 7) is 5.08. The predicted molar refractivity (Wildman–Crippen MR) is 79.3 cm³/mol. The largest absolute Gasteiger partial charge is 0.399 e. The molecule has 0 saturated carbocycles. The van der Waals surface area contributed by atoms with Crippen LogP contribution >= 0.6 is 22.9 Å². The molecule has 0 saturated heterocycles. The molecule has 0 fully saturated rings. The van der Waals surface area contributed by atoms with E-state index in [0.717, 1.165) is 12.4 Å². The molecule has 18 heavy (non-hydrogen) atoms. The van der Waals surface area contributed by atoms with Gasteiger partial charge in [-0.1, -0.05) is 17.7 Å². The van der Waals surface area contributed by atoms with Crippen LogP contribution in [0.25, 0.3) is 0 Å². The van der Waals surface area contributed by atoms with Crippen LogP contribution in [-0.2, 0) is 6.54 Å². The lowest BCUT2D eigenvalue weighted by atomic mass is 10.2. The first-order chi connectivity index (χ1) is 8.56. The van der Waals surface area contributed by atoms with E-state index in [9.17, 15) is 0 Å². The Bertz CT molecular complexity index is 491. The van der Waals surface area contributed by atoms with Crippen LogP contribution in [0, 0.1) is 0 Å². The van der Waals surface area contributed by atoms with Crippen molar-refractivity contribution >= 4 is 34.4 Å². The molecule has 0 aliphatic rings. The summed E-state index contributed by atoms with van der Waals surface area (Å²) in [6.07, 6.45) is 0. The third kappa shape index (κ3) is 3.15. The minimum Gasteiger partial charge on any atom is -0.399 e. The second-order valence-corrected chi connectivity index (χ2v) is 5.80. The quantitative estimate of drug-likeness (QED) is 0.867. The van der Waals surface area contributed by atoms with Crippen LogP contribution in [0.3, 0.4) is 0 Å². The van der Waals surface area contributed by atoms with E-state index in [4.69, 9.17) is 17.3 Å². The minimum atomic E-state index is 0.331. The second-order valence-electron chi connectivity index (χ2n) is 4.38. The summed E-state index contributed by atoms with van der Waals surface area (Å²) in [5.74, 6) is 0.823. The molecule has 2 N–H and O–H groups in total. The van der Waals surface area contributed by atoms with E-state index in [2.05, 4.69) is 41.2 Å². The van der Waals surface area contributed by atoms with E-state index in [-0.39, 0.29) is 0 Å². The number of hydrogen-bond donors (Lipinski definition) is 1. The number of hydrogen-bond acceptors (Lipinski definition) is 4. The maximum absolute atomic E-state index is 5.97. The monoisotopic (exact) mass is 281 g/mol. The Hall–Kier alpha value is -1.26. The number of thiophene rings is 1. The standard InChI is InChI=1S/C13H16ClN3S/c1-9(2)17(8-11-4-3-5-18-11)13-7-10(15)6-12(14)16-13/h3-7,9H,8H2,1-2H3,(H2,15,16). The molecular formula is C13H16ClN3S. The first-order valence-electron chi connectivity index (χ1n) is 5.78. The molecule has 0 aliphatic carbocycles. The highest BCUT2D eigenvalue weighted by molar-refractivity contribution is 7.09. The van der Waals surface area contributed by atoms with Gasteiger partial charge < -0.3 is 10.6 Å². The van der Waals surface area contributed by atoms with Crippen molar-refractivity contribution in [3.05, 3.63) is 39.7 Å². The summed E-state index contributed by atoms with van der Waals surface area (Å²) in [5.41, 5.74) is 6.46. The van der Waals surface area contributed by atoms with Gasteiger partial charge in [0, 0.05) is 22.7 Å². The molecule has 0 aromatic carbocycles. The van der Waals surface area contributed by atoms with Gasteiger partial charge in [-0.15, -0.1) is 11.3 Å². The van der Waals surface area contributed by atoms with Crippen LogP contribution < -0.4 is 10.6 Å². The summed E-state index contributed by atoms with van der Waals surface area (Å²) in [6, 6.07) is 8.03. The average molecular weight is 282 g/mol. The maximum atomic E-state index is 5.97. The minimum absolute atomic E-state index is 0.331. The van der Waals surface area contributed by atoms with Crippen LogP contribution in [0.2, 0.25) is 5.15 Å². The van der Waals surface area contributed by atoms with E-state index in [0.29, 0.717) is 16.9 Å². The van der Waals surface area contributed by atoms with Crippen molar-refractivity contribution in [3.63, 3.8) is 0 Å². The molecule has 2 rings (SSSR count). The molecular weight excluding hydrogens is 266 g/mol. The Morgan fingerprint density at radius 1 is 1.44 bits per heavy atom. The molecule has 0 spiro atoms. The Kier molecular flexibility index (Phi) is 4.09. The molecule has 0 amide bonds. The van der Waals surface area contributed by atoms with Crippen molar-refractivity contribution in [2.24, 2.45) is 0 Å². The topological polar surface area (TPSA) is 42.1 Å². The van der Waals surface area contributed by atoms with Crippen molar-refractivity contribution in [1.29, 1.82) is 0 Å². The molecule has 0 unspecified atom stereocenters. The Labute approximate surface area is 116 Å². The van der Waals surface area contributed by atoms with E-state index in [1.54, 1.807) is 17.4 Å². The number of halogens is 1. The third-order valence-electron chi connectivity index (χ3n) is 2.63. The molecule has 2 heterocycles. The summed E-state index contributed by atoms with van der Waals surface area (Å²) >= 11 is 7.70. The number of anilines is 2. The Balaban J connectivity index is 2.29. The van der Waals surface area contributed by atoms with Gasteiger partial charge in [-0.05, 0) is 31.4 Å². The summed E-state index contributed by atoms with van der Waals surface area (Å²) in [7, 11) is 0. The zero-order valence-corrected chi connectivity index (χ0v) is 12.0. The molecule has 0 atom stereocenters. The molecule has 0 radical (unpaired) electrons. The van der Waals surface area contributed by atoms with Crippen LogP contribution in [0.1, 0.15) is 18.7 Å². The lowest BCUT2D eigenvalue weighted by Gasteiger charge is -2.27. The molecule has 2 aromatic rings. The van der Waals surface area contributed by atoms with Crippen LogP contribution in [0.5, 0.6) is 0 Å². The first-order valence-corrected chi connectivity index (χ1v) is 7.04. The Morgan fingerprint density at radius 2 is 2.22 bits per heavy atom. The normalized spacial score (nSPS) is 10.9. The maximum Gasteiger partial charge on any atom is 0.133 e. The Morgan fingerprint density at radius 3 is 2.78 bits per heavy atom. The van der Waals surface area contributed by atoms with Crippen molar-refractivity contribution < 1.29 is 0 Å². The fourth-order valence-corrected chi connectivity index (χ4v) is 2.66. The van der Waals surface area contributed by atoms with Gasteiger partial charge >= 0.3 is 0 Å². The van der Waals surface area contributed by atoms with Crippen LogP contribution in [-0.4, -0.2) is 11.0 Å². The van der Waals surface area contributed by atoms with Gasteiger partial charge in [-0.3, -0.25) is 0 Å². The molecule has 0 aliphatic heterocycles. The summed E-state index contributed by atoms with van der Waals surface area (Å²) in [4.78, 5) is 7.84. The van der Waals surface area contributed by atoms with Crippen molar-refractivity contribution in [2.45, 2.75) is 26.4 Å². The van der Waals surface area contributed by atoms with Gasteiger partial charge in [0.15, 0.2) is 0 Å². The van der Waals surface area contributed by atoms with Crippen LogP contribution in [0.4, 0.5) is 11.5 Å².